The number of rotatable bonds is 5. The van der Waals surface area contributed by atoms with Crippen LogP contribution in [0.3, 0.4) is 0 Å². The quantitative estimate of drug-likeness (QED) is 0.920. The lowest BCUT2D eigenvalue weighted by Crippen LogP contribution is -2.38. The lowest BCUT2D eigenvalue weighted by molar-refractivity contribution is 0.604. The van der Waals surface area contributed by atoms with Crippen LogP contribution in [0.15, 0.2) is 12.4 Å². The first kappa shape index (κ1) is 13.8. The van der Waals surface area contributed by atoms with Crippen LogP contribution in [0.25, 0.3) is 10.2 Å². The van der Waals surface area contributed by atoms with Crippen molar-refractivity contribution < 1.29 is 0 Å². The largest absolute Gasteiger partial charge is 0.352 e. The van der Waals surface area contributed by atoms with Crippen molar-refractivity contribution >= 4 is 27.4 Å². The minimum absolute atomic E-state index is 0.599. The van der Waals surface area contributed by atoms with E-state index in [1.807, 2.05) is 0 Å². The van der Waals surface area contributed by atoms with Crippen molar-refractivity contribution in [1.29, 1.82) is 0 Å². The molecule has 0 aliphatic heterocycles. The average Bonchev–Trinajstić information content (AvgIpc) is 3.12. The van der Waals surface area contributed by atoms with Crippen LogP contribution in [-0.4, -0.2) is 29.1 Å². The summed E-state index contributed by atoms with van der Waals surface area (Å²) < 4.78 is 0. The van der Waals surface area contributed by atoms with Gasteiger partial charge in [-0.2, -0.15) is 0 Å². The smallest absolute Gasteiger partial charge is 0.141 e. The fourth-order valence-corrected chi connectivity index (χ4v) is 4.04. The third-order valence-corrected chi connectivity index (χ3v) is 5.30. The molecule has 0 unspecified atom stereocenters. The third kappa shape index (κ3) is 2.52. The Kier molecular flexibility index (Phi) is 4.17. The van der Waals surface area contributed by atoms with E-state index < -0.39 is 0 Å². The molecule has 0 bridgehead atoms. The normalized spacial score (nSPS) is 16.1. The van der Waals surface area contributed by atoms with Crippen LogP contribution in [0, 0.1) is 0 Å². The first-order chi connectivity index (χ1) is 9.83. The molecule has 2 heterocycles. The molecule has 0 atom stereocenters. The van der Waals surface area contributed by atoms with Gasteiger partial charge >= 0.3 is 0 Å². The van der Waals surface area contributed by atoms with Crippen LogP contribution in [0.4, 0.5) is 5.82 Å². The molecule has 4 nitrogen and oxygen atoms in total. The number of aryl methyl sites for hydroxylation is 1. The van der Waals surface area contributed by atoms with E-state index in [1.165, 1.54) is 35.9 Å². The molecule has 2 aromatic rings. The SMILES string of the molecule is CCc1cc2c(N(CCN)C3CCCC3)ncnc2s1. The Bertz CT molecular complexity index is 574. The second-order valence-corrected chi connectivity index (χ2v) is 6.52. The van der Waals surface area contributed by atoms with Crippen LogP contribution in [0.5, 0.6) is 0 Å². The zero-order valence-corrected chi connectivity index (χ0v) is 12.8. The lowest BCUT2D eigenvalue weighted by Gasteiger charge is -2.30. The summed E-state index contributed by atoms with van der Waals surface area (Å²) in [4.78, 5) is 13.9. The molecule has 1 aliphatic rings. The number of hydrogen-bond donors (Lipinski definition) is 1. The van der Waals surface area contributed by atoms with Crippen molar-refractivity contribution in [3.63, 3.8) is 0 Å². The maximum Gasteiger partial charge on any atom is 0.141 e. The van der Waals surface area contributed by atoms with E-state index in [1.54, 1.807) is 17.7 Å². The lowest BCUT2D eigenvalue weighted by atomic mass is 10.2. The summed E-state index contributed by atoms with van der Waals surface area (Å²) in [6.45, 7) is 3.74. The highest BCUT2D eigenvalue weighted by Crippen LogP contribution is 2.34. The van der Waals surface area contributed by atoms with Gasteiger partial charge in [-0.25, -0.2) is 9.97 Å². The number of aromatic nitrogens is 2. The molecule has 1 saturated carbocycles. The van der Waals surface area contributed by atoms with Crippen molar-refractivity contribution in [1.82, 2.24) is 9.97 Å². The molecule has 3 rings (SSSR count). The van der Waals surface area contributed by atoms with Gasteiger partial charge in [-0.1, -0.05) is 19.8 Å². The molecular weight excluding hydrogens is 268 g/mol. The Labute approximate surface area is 124 Å². The maximum absolute atomic E-state index is 5.83. The highest BCUT2D eigenvalue weighted by atomic mass is 32.1. The summed E-state index contributed by atoms with van der Waals surface area (Å²) in [6, 6.07) is 2.86. The van der Waals surface area contributed by atoms with Crippen molar-refractivity contribution in [2.45, 2.75) is 45.1 Å². The predicted molar refractivity (Wildman–Crippen MR) is 85.4 cm³/mol. The second kappa shape index (κ2) is 6.06. The molecule has 0 amide bonds. The van der Waals surface area contributed by atoms with Gasteiger partial charge in [-0.05, 0) is 25.3 Å². The summed E-state index contributed by atoms with van der Waals surface area (Å²) in [5.74, 6) is 1.09. The zero-order valence-electron chi connectivity index (χ0n) is 12.0. The number of thiophene rings is 1. The Balaban J connectivity index is 2.02. The minimum atomic E-state index is 0.599. The van der Waals surface area contributed by atoms with Crippen molar-refractivity contribution in [2.24, 2.45) is 5.73 Å². The van der Waals surface area contributed by atoms with Crippen LogP contribution >= 0.6 is 11.3 Å². The van der Waals surface area contributed by atoms with Gasteiger partial charge < -0.3 is 10.6 Å². The number of fused-ring (bicyclic) bond motifs is 1. The van der Waals surface area contributed by atoms with Gasteiger partial charge in [-0.15, -0.1) is 11.3 Å². The van der Waals surface area contributed by atoms with Crippen LogP contribution < -0.4 is 10.6 Å². The molecule has 5 heteroatoms. The third-order valence-electron chi connectivity index (χ3n) is 4.12. The Hall–Kier alpha value is -1.20. The number of anilines is 1. The molecule has 0 radical (unpaired) electrons. The fraction of sp³-hybridized carbons (Fsp3) is 0.600. The van der Waals surface area contributed by atoms with E-state index in [4.69, 9.17) is 5.73 Å². The molecule has 2 N–H and O–H groups in total. The molecule has 1 fully saturated rings. The summed E-state index contributed by atoms with van der Waals surface area (Å²) >= 11 is 1.78. The Morgan fingerprint density at radius 1 is 1.35 bits per heavy atom. The van der Waals surface area contributed by atoms with Gasteiger partial charge in [0.25, 0.3) is 0 Å². The van der Waals surface area contributed by atoms with E-state index in [0.717, 1.165) is 23.6 Å². The second-order valence-electron chi connectivity index (χ2n) is 5.40. The number of nitrogens with zero attached hydrogens (tertiary/aromatic N) is 3. The van der Waals surface area contributed by atoms with Gasteiger partial charge in [0.2, 0.25) is 0 Å². The first-order valence-electron chi connectivity index (χ1n) is 7.53. The average molecular weight is 290 g/mol. The fourth-order valence-electron chi connectivity index (χ4n) is 3.11. The molecule has 108 valence electrons. The molecular formula is C15H22N4S. The summed E-state index contributed by atoms with van der Waals surface area (Å²) in [5, 5.41) is 1.20. The van der Waals surface area contributed by atoms with Crippen LogP contribution in [-0.2, 0) is 6.42 Å². The standard InChI is InChI=1S/C15H22N4S/c1-2-12-9-13-14(17-10-18-15(13)20-12)19(8-7-16)11-5-3-4-6-11/h9-11H,2-8,16H2,1H3. The first-order valence-corrected chi connectivity index (χ1v) is 8.35. The molecule has 20 heavy (non-hydrogen) atoms. The van der Waals surface area contributed by atoms with Gasteiger partial charge in [0, 0.05) is 24.0 Å². The van der Waals surface area contributed by atoms with Crippen LogP contribution in [0.1, 0.15) is 37.5 Å². The van der Waals surface area contributed by atoms with Gasteiger partial charge in [0.05, 0.1) is 5.39 Å². The molecule has 1 aliphatic carbocycles. The monoisotopic (exact) mass is 290 g/mol. The molecule has 2 aromatic heterocycles. The number of nitrogens with two attached hydrogens (primary N) is 1. The minimum Gasteiger partial charge on any atom is -0.352 e. The van der Waals surface area contributed by atoms with E-state index in [0.29, 0.717) is 12.6 Å². The van der Waals surface area contributed by atoms with Gasteiger partial charge in [0.15, 0.2) is 0 Å². The highest BCUT2D eigenvalue weighted by molar-refractivity contribution is 7.18. The summed E-state index contributed by atoms with van der Waals surface area (Å²) in [6.07, 6.45) is 7.92. The van der Waals surface area contributed by atoms with Crippen molar-refractivity contribution in [3.8, 4) is 0 Å². The molecule has 0 saturated heterocycles. The van der Waals surface area contributed by atoms with Crippen LogP contribution in [0.2, 0.25) is 0 Å². The maximum atomic E-state index is 5.83. The predicted octanol–water partition coefficient (Wildman–Crippen LogP) is 2.96. The molecule has 0 aromatic carbocycles. The topological polar surface area (TPSA) is 55.0 Å². The van der Waals surface area contributed by atoms with Gasteiger partial charge in [0.1, 0.15) is 17.0 Å². The van der Waals surface area contributed by atoms with Gasteiger partial charge in [-0.3, -0.25) is 0 Å². The van der Waals surface area contributed by atoms with E-state index in [9.17, 15) is 0 Å². The zero-order chi connectivity index (χ0) is 13.9. The number of hydrogen-bond acceptors (Lipinski definition) is 5. The van der Waals surface area contributed by atoms with E-state index in [-0.39, 0.29) is 0 Å². The summed E-state index contributed by atoms with van der Waals surface area (Å²) in [5.41, 5.74) is 5.83. The Morgan fingerprint density at radius 2 is 2.15 bits per heavy atom. The van der Waals surface area contributed by atoms with Crippen molar-refractivity contribution in [3.05, 3.63) is 17.3 Å². The van der Waals surface area contributed by atoms with Crippen molar-refractivity contribution in [2.75, 3.05) is 18.0 Å². The van der Waals surface area contributed by atoms with E-state index >= 15 is 0 Å². The highest BCUT2D eigenvalue weighted by Gasteiger charge is 2.25. The summed E-state index contributed by atoms with van der Waals surface area (Å²) in [7, 11) is 0. The van der Waals surface area contributed by atoms with E-state index in [2.05, 4.69) is 27.9 Å². The molecule has 0 spiro atoms. The Morgan fingerprint density at radius 3 is 2.85 bits per heavy atom.